The molecule has 0 radical (unpaired) electrons. The number of aliphatic carboxylic acids is 1. The van der Waals surface area contributed by atoms with Crippen molar-refractivity contribution in [1.29, 1.82) is 0 Å². The number of amides is 1. The van der Waals surface area contributed by atoms with E-state index in [-0.39, 0.29) is 18.2 Å². The summed E-state index contributed by atoms with van der Waals surface area (Å²) in [5.41, 5.74) is 0.536. The molecule has 1 fully saturated rings. The summed E-state index contributed by atoms with van der Waals surface area (Å²) in [5.74, 6) is -0.541. The minimum absolute atomic E-state index is 0.0464. The normalized spacial score (nSPS) is 19.2. The fourth-order valence-electron chi connectivity index (χ4n) is 2.41. The van der Waals surface area contributed by atoms with Crippen molar-refractivity contribution >= 4 is 11.9 Å². The summed E-state index contributed by atoms with van der Waals surface area (Å²) >= 11 is 0. The molecule has 0 aliphatic carbocycles. The van der Waals surface area contributed by atoms with Gasteiger partial charge < -0.3 is 10.0 Å². The molecule has 6 nitrogen and oxygen atoms in total. The Morgan fingerprint density at radius 2 is 2.26 bits per heavy atom. The third-order valence-electron chi connectivity index (χ3n) is 3.40. The van der Waals surface area contributed by atoms with Crippen LogP contribution in [-0.4, -0.2) is 45.2 Å². The first-order valence-corrected chi connectivity index (χ1v) is 6.44. The van der Waals surface area contributed by atoms with Crippen molar-refractivity contribution < 1.29 is 14.7 Å². The Morgan fingerprint density at radius 1 is 1.42 bits per heavy atom. The fourth-order valence-corrected chi connectivity index (χ4v) is 2.41. The topological polar surface area (TPSA) is 83.4 Å². The number of rotatable bonds is 4. The van der Waals surface area contributed by atoms with Gasteiger partial charge >= 0.3 is 5.97 Å². The predicted octanol–water partition coefficient (Wildman–Crippen LogP) is 1.19. The lowest BCUT2D eigenvalue weighted by atomic mass is 9.93. The number of carboxylic acid groups (broad SMARTS) is 1. The van der Waals surface area contributed by atoms with Gasteiger partial charge in [0.2, 0.25) is 0 Å². The van der Waals surface area contributed by atoms with Crippen molar-refractivity contribution in [3.8, 4) is 0 Å². The lowest BCUT2D eigenvalue weighted by Crippen LogP contribution is -2.40. The number of carbonyl (C=O) groups is 2. The molecule has 1 aliphatic rings. The van der Waals surface area contributed by atoms with Gasteiger partial charge in [-0.05, 0) is 31.2 Å². The van der Waals surface area contributed by atoms with E-state index in [1.807, 2.05) is 0 Å². The highest BCUT2D eigenvalue weighted by molar-refractivity contribution is 5.93. The van der Waals surface area contributed by atoms with Gasteiger partial charge in [0.25, 0.3) is 5.91 Å². The molecule has 1 aliphatic heterocycles. The quantitative estimate of drug-likeness (QED) is 0.882. The van der Waals surface area contributed by atoms with Crippen LogP contribution < -0.4 is 0 Å². The van der Waals surface area contributed by atoms with Crippen molar-refractivity contribution in [3.63, 3.8) is 0 Å². The van der Waals surface area contributed by atoms with E-state index in [0.29, 0.717) is 18.5 Å². The molecule has 1 atom stereocenters. The van der Waals surface area contributed by atoms with Gasteiger partial charge in [0.1, 0.15) is 0 Å². The molecule has 0 bridgehead atoms. The Balaban J connectivity index is 1.93. The van der Waals surface area contributed by atoms with E-state index in [9.17, 15) is 9.59 Å². The van der Waals surface area contributed by atoms with E-state index < -0.39 is 5.97 Å². The standard InChI is InChI=1S/C13H17N3O3/c17-12(18)4-3-10-2-1-7-16(9-10)13(19)11-5-6-14-15-8-11/h5-6,8,10H,1-4,7,9H2,(H,17,18). The van der Waals surface area contributed by atoms with Gasteiger partial charge in [-0.2, -0.15) is 10.2 Å². The van der Waals surface area contributed by atoms with Crippen LogP contribution >= 0.6 is 0 Å². The summed E-state index contributed by atoms with van der Waals surface area (Å²) in [6.45, 7) is 1.36. The molecule has 0 aromatic carbocycles. The highest BCUT2D eigenvalue weighted by Crippen LogP contribution is 2.22. The van der Waals surface area contributed by atoms with Crippen LogP contribution in [0.1, 0.15) is 36.0 Å². The second-order valence-electron chi connectivity index (χ2n) is 4.82. The van der Waals surface area contributed by atoms with Gasteiger partial charge in [-0.15, -0.1) is 0 Å². The average molecular weight is 263 g/mol. The van der Waals surface area contributed by atoms with Gasteiger partial charge in [-0.25, -0.2) is 0 Å². The van der Waals surface area contributed by atoms with Crippen LogP contribution in [0.2, 0.25) is 0 Å². The second kappa shape index (κ2) is 6.26. The molecule has 0 spiro atoms. The maximum Gasteiger partial charge on any atom is 0.303 e. The molecule has 0 saturated carbocycles. The molecule has 102 valence electrons. The number of likely N-dealkylation sites (tertiary alicyclic amines) is 1. The molecule has 1 aromatic rings. The maximum absolute atomic E-state index is 12.2. The van der Waals surface area contributed by atoms with Crippen LogP contribution in [-0.2, 0) is 4.79 Å². The molecule has 2 heterocycles. The summed E-state index contributed by atoms with van der Waals surface area (Å²) in [6.07, 6.45) is 5.68. The highest BCUT2D eigenvalue weighted by atomic mass is 16.4. The van der Waals surface area contributed by atoms with Crippen LogP contribution in [0.5, 0.6) is 0 Å². The molecular formula is C13H17N3O3. The van der Waals surface area contributed by atoms with Crippen molar-refractivity contribution in [2.24, 2.45) is 5.92 Å². The summed E-state index contributed by atoms with van der Waals surface area (Å²) in [7, 11) is 0. The number of carbonyl (C=O) groups excluding carboxylic acids is 1. The maximum atomic E-state index is 12.2. The molecule has 1 amide bonds. The Hall–Kier alpha value is -1.98. The number of piperidine rings is 1. The van der Waals surface area contributed by atoms with E-state index >= 15 is 0 Å². The molecule has 2 rings (SSSR count). The lowest BCUT2D eigenvalue weighted by Gasteiger charge is -2.32. The summed E-state index contributed by atoms with van der Waals surface area (Å²) in [5, 5.41) is 16.1. The van der Waals surface area contributed by atoms with E-state index in [0.717, 1.165) is 19.4 Å². The van der Waals surface area contributed by atoms with Crippen LogP contribution in [0.3, 0.4) is 0 Å². The van der Waals surface area contributed by atoms with Crippen LogP contribution in [0.4, 0.5) is 0 Å². The predicted molar refractivity (Wildman–Crippen MR) is 67.5 cm³/mol. The van der Waals surface area contributed by atoms with Crippen molar-refractivity contribution in [3.05, 3.63) is 24.0 Å². The first kappa shape index (κ1) is 13.5. The molecular weight excluding hydrogens is 246 g/mol. The molecule has 1 unspecified atom stereocenters. The van der Waals surface area contributed by atoms with E-state index in [1.165, 1.54) is 12.4 Å². The van der Waals surface area contributed by atoms with E-state index in [2.05, 4.69) is 10.2 Å². The van der Waals surface area contributed by atoms with Gasteiger partial charge in [-0.3, -0.25) is 9.59 Å². The number of hydrogen-bond donors (Lipinski definition) is 1. The van der Waals surface area contributed by atoms with Crippen molar-refractivity contribution in [2.45, 2.75) is 25.7 Å². The van der Waals surface area contributed by atoms with Gasteiger partial charge in [0, 0.05) is 19.5 Å². The Morgan fingerprint density at radius 3 is 2.95 bits per heavy atom. The Labute approximate surface area is 111 Å². The zero-order valence-electron chi connectivity index (χ0n) is 10.7. The largest absolute Gasteiger partial charge is 0.481 e. The number of aromatic nitrogens is 2. The first-order valence-electron chi connectivity index (χ1n) is 6.44. The minimum Gasteiger partial charge on any atom is -0.481 e. The third-order valence-corrected chi connectivity index (χ3v) is 3.40. The van der Waals surface area contributed by atoms with Gasteiger partial charge in [0.15, 0.2) is 0 Å². The number of nitrogens with zero attached hydrogens (tertiary/aromatic N) is 3. The number of carboxylic acids is 1. The van der Waals surface area contributed by atoms with Crippen LogP contribution in [0.25, 0.3) is 0 Å². The van der Waals surface area contributed by atoms with E-state index in [4.69, 9.17) is 5.11 Å². The van der Waals surface area contributed by atoms with E-state index in [1.54, 1.807) is 11.0 Å². The Bertz CT molecular complexity index is 450. The molecule has 6 heteroatoms. The zero-order valence-corrected chi connectivity index (χ0v) is 10.7. The first-order chi connectivity index (χ1) is 9.16. The Kier molecular flexibility index (Phi) is 4.43. The third kappa shape index (κ3) is 3.74. The summed E-state index contributed by atoms with van der Waals surface area (Å²) < 4.78 is 0. The van der Waals surface area contributed by atoms with Crippen LogP contribution in [0.15, 0.2) is 18.5 Å². The monoisotopic (exact) mass is 263 g/mol. The highest BCUT2D eigenvalue weighted by Gasteiger charge is 2.24. The van der Waals surface area contributed by atoms with Crippen molar-refractivity contribution in [1.82, 2.24) is 15.1 Å². The lowest BCUT2D eigenvalue weighted by molar-refractivity contribution is -0.137. The van der Waals surface area contributed by atoms with Crippen molar-refractivity contribution in [2.75, 3.05) is 13.1 Å². The SMILES string of the molecule is O=C(O)CCC1CCCN(C(=O)c2ccnnc2)C1. The minimum atomic E-state index is -0.776. The molecule has 19 heavy (non-hydrogen) atoms. The van der Waals surface area contributed by atoms with Crippen LogP contribution in [0, 0.1) is 5.92 Å². The molecule has 1 N–H and O–H groups in total. The fraction of sp³-hybridized carbons (Fsp3) is 0.538. The second-order valence-corrected chi connectivity index (χ2v) is 4.82. The van der Waals surface area contributed by atoms with Gasteiger partial charge in [0.05, 0.1) is 18.0 Å². The average Bonchev–Trinajstić information content (AvgIpc) is 2.45. The zero-order chi connectivity index (χ0) is 13.7. The molecule has 1 aromatic heterocycles. The van der Waals surface area contributed by atoms with Gasteiger partial charge in [-0.1, -0.05) is 0 Å². The summed E-state index contributed by atoms with van der Waals surface area (Å²) in [4.78, 5) is 24.6. The smallest absolute Gasteiger partial charge is 0.303 e. The summed E-state index contributed by atoms with van der Waals surface area (Å²) in [6, 6.07) is 1.65. The molecule has 1 saturated heterocycles. The number of hydrogen-bond acceptors (Lipinski definition) is 4.